The molecule has 1 aromatic heterocycles. The minimum Gasteiger partial charge on any atom is -0.497 e. The lowest BCUT2D eigenvalue weighted by atomic mass is 9.88. The number of aromatic nitrogens is 2. The number of nitrogens with zero attached hydrogens (tertiary/aromatic N) is 2. The molecule has 0 aromatic carbocycles. The molecule has 1 saturated heterocycles. The first kappa shape index (κ1) is 20.0. The van der Waals surface area contributed by atoms with Crippen LogP contribution in [-0.4, -0.2) is 69.8 Å². The van der Waals surface area contributed by atoms with Crippen molar-refractivity contribution in [2.75, 3.05) is 26.8 Å². The SMILES string of the molecule is COC1=c2c(c(=O)[nH]c(=O)n2C2CC2)=C(C)C(F)C1N1CC(C(O)CO)C2(CC2)C1. The molecule has 3 aliphatic carbocycles. The number of likely N-dealkylation sites (tertiary alicyclic amines) is 1. The van der Waals surface area contributed by atoms with E-state index in [0.717, 1.165) is 25.7 Å². The van der Waals surface area contributed by atoms with Crippen molar-refractivity contribution in [2.45, 2.75) is 57.0 Å². The van der Waals surface area contributed by atoms with Crippen LogP contribution in [-0.2, 0) is 4.74 Å². The molecule has 3 fully saturated rings. The molecule has 164 valence electrons. The standard InChI is InChI=1S/C21H28FN3O5/c1-10-14-16(25(11-3-4-11)20(29)23-19(14)28)18(30-2)17(15(10)22)24-7-12(13(27)8-26)21(9-24)5-6-21/h11-13,15,17,26-27H,3-9H2,1-2H3,(H,23,28,29). The van der Waals surface area contributed by atoms with Gasteiger partial charge in [0.05, 0.1) is 30.4 Å². The fraction of sp³-hybridized carbons (Fsp3) is 0.714. The molecule has 30 heavy (non-hydrogen) atoms. The summed E-state index contributed by atoms with van der Waals surface area (Å²) in [6, 6.07) is -0.794. The fourth-order valence-corrected chi connectivity index (χ4v) is 5.65. The molecule has 1 aliphatic heterocycles. The van der Waals surface area contributed by atoms with Crippen molar-refractivity contribution >= 4 is 11.3 Å². The second kappa shape index (κ2) is 6.77. The summed E-state index contributed by atoms with van der Waals surface area (Å²) in [5.41, 5.74) is -0.899. The smallest absolute Gasteiger partial charge is 0.329 e. The van der Waals surface area contributed by atoms with Gasteiger partial charge in [0.2, 0.25) is 0 Å². The lowest BCUT2D eigenvalue weighted by Crippen LogP contribution is -2.62. The number of nitrogens with one attached hydrogen (secondary N) is 1. The summed E-state index contributed by atoms with van der Waals surface area (Å²) in [6.45, 7) is 2.30. The number of rotatable bonds is 5. The summed E-state index contributed by atoms with van der Waals surface area (Å²) in [4.78, 5) is 29.6. The van der Waals surface area contributed by atoms with E-state index in [1.54, 1.807) is 11.5 Å². The third-order valence-electron chi connectivity index (χ3n) is 7.54. The molecule has 8 nitrogen and oxygen atoms in total. The summed E-state index contributed by atoms with van der Waals surface area (Å²) in [5.74, 6) is 0.160. The number of hydrogen-bond donors (Lipinski definition) is 3. The molecule has 0 radical (unpaired) electrons. The van der Waals surface area contributed by atoms with Crippen molar-refractivity contribution in [3.63, 3.8) is 0 Å². The molecule has 1 aromatic rings. The minimum absolute atomic E-state index is 0.0184. The van der Waals surface area contributed by atoms with E-state index in [1.165, 1.54) is 7.11 Å². The second-order valence-electron chi connectivity index (χ2n) is 9.33. The Balaban J connectivity index is 1.70. The molecular formula is C21H28FN3O5. The van der Waals surface area contributed by atoms with Crippen molar-refractivity contribution in [2.24, 2.45) is 11.3 Å². The van der Waals surface area contributed by atoms with Gasteiger partial charge >= 0.3 is 5.69 Å². The fourth-order valence-electron chi connectivity index (χ4n) is 5.65. The molecule has 2 heterocycles. The topological polar surface area (TPSA) is 108 Å². The minimum atomic E-state index is -1.47. The second-order valence-corrected chi connectivity index (χ2v) is 9.33. The maximum Gasteiger partial charge on any atom is 0.329 e. The molecule has 4 aliphatic rings. The Labute approximate surface area is 172 Å². The van der Waals surface area contributed by atoms with E-state index in [0.29, 0.717) is 29.8 Å². The lowest BCUT2D eigenvalue weighted by Gasteiger charge is -2.35. The summed E-state index contributed by atoms with van der Waals surface area (Å²) < 4.78 is 23.0. The van der Waals surface area contributed by atoms with Crippen LogP contribution in [0.1, 0.15) is 38.6 Å². The Morgan fingerprint density at radius 2 is 2.03 bits per heavy atom. The van der Waals surface area contributed by atoms with Crippen molar-refractivity contribution in [1.29, 1.82) is 0 Å². The van der Waals surface area contributed by atoms with Crippen LogP contribution in [0.5, 0.6) is 0 Å². The molecule has 1 spiro atoms. The van der Waals surface area contributed by atoms with Crippen LogP contribution in [0, 0.1) is 11.3 Å². The van der Waals surface area contributed by atoms with Crippen molar-refractivity contribution in [3.05, 3.63) is 31.4 Å². The highest BCUT2D eigenvalue weighted by molar-refractivity contribution is 5.60. The van der Waals surface area contributed by atoms with Crippen LogP contribution >= 0.6 is 0 Å². The van der Waals surface area contributed by atoms with E-state index < -0.39 is 29.6 Å². The van der Waals surface area contributed by atoms with Gasteiger partial charge in [0.1, 0.15) is 18.0 Å². The number of ether oxygens (including phenoxy) is 1. The first-order valence-electron chi connectivity index (χ1n) is 10.6. The van der Waals surface area contributed by atoms with E-state index in [-0.39, 0.29) is 29.2 Å². The number of alkyl halides is 1. The lowest BCUT2D eigenvalue weighted by molar-refractivity contribution is 0.0302. The van der Waals surface area contributed by atoms with Gasteiger partial charge in [0.15, 0.2) is 0 Å². The third kappa shape index (κ3) is 2.75. The van der Waals surface area contributed by atoms with Gasteiger partial charge in [-0.1, -0.05) is 0 Å². The Kier molecular flexibility index (Phi) is 4.50. The monoisotopic (exact) mass is 421 g/mol. The van der Waals surface area contributed by atoms with E-state index >= 15 is 4.39 Å². The number of aromatic amines is 1. The van der Waals surface area contributed by atoms with Crippen molar-refractivity contribution in [1.82, 2.24) is 14.5 Å². The summed E-state index contributed by atoms with van der Waals surface area (Å²) in [7, 11) is 1.45. The highest BCUT2D eigenvalue weighted by Gasteiger charge is 2.59. The van der Waals surface area contributed by atoms with Gasteiger partial charge in [-0.3, -0.25) is 19.2 Å². The normalized spacial score (nSPS) is 31.2. The number of H-pyrrole nitrogens is 1. The summed E-state index contributed by atoms with van der Waals surface area (Å²) in [6.07, 6.45) is 1.20. The predicted octanol–water partition coefficient (Wildman–Crippen LogP) is -1.42. The zero-order valence-corrected chi connectivity index (χ0v) is 17.2. The number of fused-ring (bicyclic) bond motifs is 1. The van der Waals surface area contributed by atoms with Crippen LogP contribution in [0.25, 0.3) is 11.3 Å². The number of hydrogen-bond acceptors (Lipinski definition) is 6. The van der Waals surface area contributed by atoms with Gasteiger partial charge in [-0.25, -0.2) is 9.18 Å². The highest BCUT2D eigenvalue weighted by atomic mass is 19.1. The van der Waals surface area contributed by atoms with E-state index in [2.05, 4.69) is 4.98 Å². The molecular weight excluding hydrogens is 393 g/mol. The Morgan fingerprint density at radius 1 is 1.33 bits per heavy atom. The average molecular weight is 421 g/mol. The molecule has 9 heteroatoms. The average Bonchev–Trinajstić information content (AvgIpc) is 3.62. The number of methoxy groups -OCH3 is 1. The van der Waals surface area contributed by atoms with Gasteiger partial charge in [-0.05, 0) is 43.6 Å². The maximum atomic E-state index is 15.8. The zero-order valence-electron chi connectivity index (χ0n) is 17.2. The van der Waals surface area contributed by atoms with Gasteiger partial charge < -0.3 is 14.9 Å². The zero-order chi connectivity index (χ0) is 21.4. The van der Waals surface area contributed by atoms with Crippen LogP contribution in [0.3, 0.4) is 0 Å². The van der Waals surface area contributed by atoms with Gasteiger partial charge in [0.25, 0.3) is 5.56 Å². The quantitative estimate of drug-likeness (QED) is 0.539. The molecule has 0 amide bonds. The van der Waals surface area contributed by atoms with Crippen LogP contribution in [0.4, 0.5) is 4.39 Å². The molecule has 3 N–H and O–H groups in total. The van der Waals surface area contributed by atoms with Gasteiger partial charge in [-0.15, -0.1) is 0 Å². The third-order valence-corrected chi connectivity index (χ3v) is 7.54. The number of halogens is 1. The van der Waals surface area contributed by atoms with E-state index in [9.17, 15) is 19.8 Å². The molecule has 4 atom stereocenters. The Morgan fingerprint density at radius 3 is 2.60 bits per heavy atom. The van der Waals surface area contributed by atoms with Gasteiger partial charge in [0, 0.05) is 25.0 Å². The van der Waals surface area contributed by atoms with Crippen LogP contribution in [0.15, 0.2) is 9.59 Å². The molecule has 5 rings (SSSR count). The Hall–Kier alpha value is -1.97. The molecule has 4 unspecified atom stereocenters. The van der Waals surface area contributed by atoms with Crippen LogP contribution < -0.4 is 21.8 Å². The highest BCUT2D eigenvalue weighted by Crippen LogP contribution is 2.58. The first-order valence-corrected chi connectivity index (χ1v) is 10.6. The maximum absolute atomic E-state index is 15.8. The molecule has 2 saturated carbocycles. The number of aliphatic hydroxyl groups is 2. The number of aliphatic hydroxyl groups excluding tert-OH is 2. The Bertz CT molecular complexity index is 1120. The van der Waals surface area contributed by atoms with E-state index in [1.807, 2.05) is 4.90 Å². The van der Waals surface area contributed by atoms with Crippen molar-refractivity contribution in [3.8, 4) is 0 Å². The molecule has 0 bridgehead atoms. The van der Waals surface area contributed by atoms with E-state index in [4.69, 9.17) is 4.74 Å². The summed E-state index contributed by atoms with van der Waals surface area (Å²) >= 11 is 0. The summed E-state index contributed by atoms with van der Waals surface area (Å²) in [5, 5.41) is 20.4. The van der Waals surface area contributed by atoms with Crippen molar-refractivity contribution < 1.29 is 19.3 Å². The first-order chi connectivity index (χ1) is 14.3. The van der Waals surface area contributed by atoms with Gasteiger partial charge in [-0.2, -0.15) is 0 Å². The predicted molar refractivity (Wildman–Crippen MR) is 107 cm³/mol. The van der Waals surface area contributed by atoms with Crippen LogP contribution in [0.2, 0.25) is 0 Å². The largest absolute Gasteiger partial charge is 0.497 e.